The topological polar surface area (TPSA) is 60.4 Å². The summed E-state index contributed by atoms with van der Waals surface area (Å²) in [6, 6.07) is 6.70. The van der Waals surface area contributed by atoms with E-state index in [0.29, 0.717) is 18.6 Å². The molecule has 0 bridgehead atoms. The zero-order valence-electron chi connectivity index (χ0n) is 12.7. The van der Waals surface area contributed by atoms with E-state index in [0.717, 1.165) is 31.2 Å². The molecule has 0 radical (unpaired) electrons. The summed E-state index contributed by atoms with van der Waals surface area (Å²) >= 11 is 0. The summed E-state index contributed by atoms with van der Waals surface area (Å²) in [6.45, 7) is 1.91. The van der Waals surface area contributed by atoms with E-state index in [1.807, 2.05) is 6.92 Å². The molecule has 0 aliphatic heterocycles. The first-order valence-corrected chi connectivity index (χ1v) is 9.31. The summed E-state index contributed by atoms with van der Waals surface area (Å²) < 4.78 is 30.4. The first-order valence-electron chi connectivity index (χ1n) is 7.90. The van der Waals surface area contributed by atoms with Gasteiger partial charge in [-0.15, -0.1) is 0 Å². The van der Waals surface area contributed by atoms with E-state index in [9.17, 15) is 13.2 Å². The Morgan fingerprint density at radius 1 is 1.00 bits per heavy atom. The summed E-state index contributed by atoms with van der Waals surface area (Å²) in [6.07, 6.45) is 4.39. The number of ketones is 1. The lowest BCUT2D eigenvalue weighted by Crippen LogP contribution is -2.40. The van der Waals surface area contributed by atoms with Crippen molar-refractivity contribution in [3.8, 4) is 0 Å². The van der Waals surface area contributed by atoms with Crippen LogP contribution in [0.5, 0.6) is 0 Å². The van der Waals surface area contributed by atoms with Crippen molar-refractivity contribution in [3.63, 3.8) is 0 Å². The Hall–Kier alpha value is -1.20. The summed E-state index contributed by atoms with van der Waals surface area (Å²) in [7, 11) is -3.75. The quantitative estimate of drug-likeness (QED) is 0.803. The van der Waals surface area contributed by atoms with E-state index in [1.165, 1.54) is 0 Å². The highest BCUT2D eigenvalue weighted by atomic mass is 32.2. The van der Waals surface area contributed by atoms with Gasteiger partial charge in [-0.1, -0.05) is 17.7 Å². The molecule has 2 spiro atoms. The van der Waals surface area contributed by atoms with Gasteiger partial charge in [-0.05, 0) is 57.6 Å². The maximum absolute atomic E-state index is 12.5. The van der Waals surface area contributed by atoms with Crippen molar-refractivity contribution < 1.29 is 17.4 Å². The second kappa shape index (κ2) is 4.42. The number of aryl methyl sites for hydroxylation is 1. The Balaban J connectivity index is 1.56. The molecule has 1 aromatic rings. The highest BCUT2D eigenvalue weighted by Gasteiger charge is 2.66. The lowest BCUT2D eigenvalue weighted by Gasteiger charge is -2.33. The van der Waals surface area contributed by atoms with Crippen LogP contribution in [-0.4, -0.2) is 20.3 Å². The molecule has 3 aliphatic rings. The van der Waals surface area contributed by atoms with E-state index in [1.54, 1.807) is 24.3 Å². The normalized spacial score (nSPS) is 28.0. The predicted molar refractivity (Wildman–Crippen MR) is 80.8 cm³/mol. The molecular weight excluding hydrogens is 300 g/mol. The Labute approximate surface area is 131 Å². The maximum atomic E-state index is 12.5. The molecular formula is C17H20O4S. The average Bonchev–Trinajstić information content (AvgIpc) is 3.35. The number of hydrogen-bond donors (Lipinski definition) is 0. The molecule has 22 heavy (non-hydrogen) atoms. The van der Waals surface area contributed by atoms with Gasteiger partial charge in [-0.3, -0.25) is 8.98 Å². The number of carbonyl (C=O) groups is 1. The van der Waals surface area contributed by atoms with Crippen LogP contribution in [-0.2, 0) is 19.1 Å². The zero-order valence-corrected chi connectivity index (χ0v) is 13.5. The molecule has 0 saturated heterocycles. The maximum Gasteiger partial charge on any atom is 0.297 e. The van der Waals surface area contributed by atoms with Crippen molar-refractivity contribution in [2.24, 2.45) is 10.8 Å². The molecule has 3 aliphatic carbocycles. The molecule has 0 heterocycles. The van der Waals surface area contributed by atoms with Crippen LogP contribution < -0.4 is 0 Å². The SMILES string of the molecule is Cc1ccc(S(=O)(=O)OC2CC3(CC3)C(=O)C3(CC3)C2)cc1. The molecule has 4 rings (SSSR count). The van der Waals surface area contributed by atoms with E-state index < -0.39 is 10.1 Å². The second-order valence-corrected chi connectivity index (χ2v) is 8.86. The minimum absolute atomic E-state index is 0.199. The van der Waals surface area contributed by atoms with Crippen LogP contribution in [0.1, 0.15) is 44.1 Å². The molecule has 0 atom stereocenters. The van der Waals surface area contributed by atoms with Gasteiger partial charge in [0.1, 0.15) is 5.78 Å². The van der Waals surface area contributed by atoms with Crippen LogP contribution >= 0.6 is 0 Å². The van der Waals surface area contributed by atoms with E-state index in [4.69, 9.17) is 4.18 Å². The Kier molecular flexibility index (Phi) is 2.89. The standard InChI is InChI=1S/C17H20O4S/c1-12-2-4-14(5-3-12)22(19,20)21-13-10-16(6-7-16)15(18)17(11-13)8-9-17/h2-5,13H,6-11H2,1H3. The Morgan fingerprint density at radius 3 is 1.95 bits per heavy atom. The minimum atomic E-state index is -3.75. The van der Waals surface area contributed by atoms with Crippen LogP contribution in [0.2, 0.25) is 0 Å². The van der Waals surface area contributed by atoms with E-state index in [2.05, 4.69) is 0 Å². The van der Waals surface area contributed by atoms with Gasteiger partial charge in [0.2, 0.25) is 0 Å². The van der Waals surface area contributed by atoms with Crippen molar-refractivity contribution in [1.82, 2.24) is 0 Å². The van der Waals surface area contributed by atoms with Crippen LogP contribution in [0.4, 0.5) is 0 Å². The minimum Gasteiger partial charge on any atom is -0.298 e. The highest BCUT2D eigenvalue weighted by molar-refractivity contribution is 7.86. The molecule has 3 fully saturated rings. The molecule has 0 N–H and O–H groups in total. The summed E-state index contributed by atoms with van der Waals surface area (Å²) in [5.74, 6) is 0.382. The number of rotatable bonds is 3. The van der Waals surface area contributed by atoms with Crippen LogP contribution in [0, 0.1) is 17.8 Å². The number of Topliss-reactive ketones (excluding diaryl/α,β-unsaturated/α-hetero) is 1. The van der Waals surface area contributed by atoms with Gasteiger partial charge < -0.3 is 0 Å². The van der Waals surface area contributed by atoms with Crippen molar-refractivity contribution in [3.05, 3.63) is 29.8 Å². The molecule has 3 saturated carbocycles. The van der Waals surface area contributed by atoms with Gasteiger partial charge in [-0.25, -0.2) is 0 Å². The first kappa shape index (κ1) is 14.4. The van der Waals surface area contributed by atoms with E-state index in [-0.39, 0.29) is 21.8 Å². The fourth-order valence-electron chi connectivity index (χ4n) is 3.86. The molecule has 0 unspecified atom stereocenters. The van der Waals surface area contributed by atoms with Crippen LogP contribution in [0.3, 0.4) is 0 Å². The molecule has 0 aromatic heterocycles. The van der Waals surface area contributed by atoms with Gasteiger partial charge in [0, 0.05) is 10.8 Å². The fraction of sp³-hybridized carbons (Fsp3) is 0.588. The van der Waals surface area contributed by atoms with Crippen molar-refractivity contribution in [2.75, 3.05) is 0 Å². The van der Waals surface area contributed by atoms with Crippen LogP contribution in [0.15, 0.2) is 29.2 Å². The predicted octanol–water partition coefficient (Wildman–Crippen LogP) is 2.99. The Bertz CT molecular complexity index is 700. The largest absolute Gasteiger partial charge is 0.298 e. The number of carbonyl (C=O) groups excluding carboxylic acids is 1. The van der Waals surface area contributed by atoms with E-state index >= 15 is 0 Å². The van der Waals surface area contributed by atoms with Gasteiger partial charge in [0.15, 0.2) is 0 Å². The summed E-state index contributed by atoms with van der Waals surface area (Å²) in [5.41, 5.74) is 0.487. The smallest absolute Gasteiger partial charge is 0.297 e. The highest BCUT2D eigenvalue weighted by Crippen LogP contribution is 2.66. The van der Waals surface area contributed by atoms with Gasteiger partial charge in [0.05, 0.1) is 11.0 Å². The van der Waals surface area contributed by atoms with Gasteiger partial charge in [0.25, 0.3) is 10.1 Å². The van der Waals surface area contributed by atoms with Crippen LogP contribution in [0.25, 0.3) is 0 Å². The number of benzene rings is 1. The monoisotopic (exact) mass is 320 g/mol. The van der Waals surface area contributed by atoms with Gasteiger partial charge in [-0.2, -0.15) is 8.42 Å². The lowest BCUT2D eigenvalue weighted by molar-refractivity contribution is -0.135. The third kappa shape index (κ3) is 2.22. The lowest BCUT2D eigenvalue weighted by atomic mass is 9.74. The third-order valence-corrected chi connectivity index (χ3v) is 6.85. The average molecular weight is 320 g/mol. The summed E-state index contributed by atoms with van der Waals surface area (Å²) in [4.78, 5) is 12.7. The van der Waals surface area contributed by atoms with Crippen molar-refractivity contribution >= 4 is 15.9 Å². The molecule has 4 nitrogen and oxygen atoms in total. The third-order valence-electron chi connectivity index (χ3n) is 5.48. The molecule has 1 aromatic carbocycles. The summed E-state index contributed by atoms with van der Waals surface area (Å²) in [5, 5.41) is 0. The van der Waals surface area contributed by atoms with Gasteiger partial charge >= 0.3 is 0 Å². The second-order valence-electron chi connectivity index (χ2n) is 7.28. The van der Waals surface area contributed by atoms with Crippen molar-refractivity contribution in [1.29, 1.82) is 0 Å². The fourth-order valence-corrected chi connectivity index (χ4v) is 4.94. The molecule has 118 valence electrons. The zero-order chi connectivity index (χ0) is 15.6. The Morgan fingerprint density at radius 2 is 1.50 bits per heavy atom. The van der Waals surface area contributed by atoms with Crippen molar-refractivity contribution in [2.45, 2.75) is 56.4 Å². The first-order chi connectivity index (χ1) is 10.4. The molecule has 5 heteroatoms. The number of hydrogen-bond acceptors (Lipinski definition) is 4. The molecule has 0 amide bonds.